The molecule has 2 aromatic carbocycles. The molecule has 1 aliphatic rings. The third kappa shape index (κ3) is 2.46. The molecule has 0 bridgehead atoms. The van der Waals surface area contributed by atoms with Gasteiger partial charge in [0.15, 0.2) is 0 Å². The highest BCUT2D eigenvalue weighted by atomic mass is 28.1. The van der Waals surface area contributed by atoms with Gasteiger partial charge >= 0.3 is 0 Å². The van der Waals surface area contributed by atoms with Crippen LogP contribution in [0.5, 0.6) is 0 Å². The maximum atomic E-state index is 3.94. The molecular weight excluding hydrogens is 280 g/mol. The molecule has 1 heteroatoms. The number of hydrogen-bond acceptors (Lipinski definition) is 0. The van der Waals surface area contributed by atoms with Crippen LogP contribution in [0, 0.1) is 0 Å². The summed E-state index contributed by atoms with van der Waals surface area (Å²) in [6, 6.07) is 11.6. The minimum Gasteiger partial charge on any atom is -0.0596 e. The molecule has 0 unspecified atom stereocenters. The maximum Gasteiger partial charge on any atom is 0.0720 e. The molecule has 2 aromatic rings. The summed E-state index contributed by atoms with van der Waals surface area (Å²) < 4.78 is 0. The van der Waals surface area contributed by atoms with Gasteiger partial charge in [-0.3, -0.25) is 0 Å². The Labute approximate surface area is 138 Å². The molecule has 0 saturated carbocycles. The van der Waals surface area contributed by atoms with Crippen molar-refractivity contribution in [2.24, 2.45) is 0 Å². The first kappa shape index (κ1) is 15.5. The second-order valence-corrected chi connectivity index (χ2v) is 9.06. The third-order valence-electron chi connectivity index (χ3n) is 4.75. The summed E-state index contributed by atoms with van der Waals surface area (Å²) in [5.41, 5.74) is 8.90. The predicted octanol–water partition coefficient (Wildman–Crippen LogP) is 4.65. The van der Waals surface area contributed by atoms with E-state index in [9.17, 15) is 0 Å². The van der Waals surface area contributed by atoms with Gasteiger partial charge in [-0.05, 0) is 50.6 Å². The Morgan fingerprint density at radius 2 is 1.45 bits per heavy atom. The molecular formula is C21H25Si. The zero-order valence-electron chi connectivity index (χ0n) is 14.6. The van der Waals surface area contributed by atoms with Gasteiger partial charge in [-0.2, -0.15) is 0 Å². The first-order valence-corrected chi connectivity index (χ1v) is 8.61. The Morgan fingerprint density at radius 1 is 0.818 bits per heavy atom. The van der Waals surface area contributed by atoms with Crippen molar-refractivity contribution < 1.29 is 0 Å². The lowest BCUT2D eigenvalue weighted by Gasteiger charge is -2.23. The van der Waals surface area contributed by atoms with Gasteiger partial charge in [0.05, 0.1) is 10.2 Å². The normalized spacial score (nSPS) is 14.0. The lowest BCUT2D eigenvalue weighted by atomic mass is 9.85. The molecule has 22 heavy (non-hydrogen) atoms. The average molecular weight is 306 g/mol. The lowest BCUT2D eigenvalue weighted by molar-refractivity contribution is 0.590. The van der Waals surface area contributed by atoms with E-state index in [4.69, 9.17) is 0 Å². The van der Waals surface area contributed by atoms with Gasteiger partial charge in [0, 0.05) is 0 Å². The minimum absolute atomic E-state index is 0.164. The number of benzene rings is 2. The Hall–Kier alpha value is -1.34. The molecule has 0 nitrogen and oxygen atoms in total. The molecule has 0 atom stereocenters. The third-order valence-corrected chi connectivity index (χ3v) is 5.32. The zero-order chi connectivity index (χ0) is 16.3. The topological polar surface area (TPSA) is 0 Å². The van der Waals surface area contributed by atoms with Crippen LogP contribution in [0.1, 0.15) is 63.8 Å². The maximum absolute atomic E-state index is 3.94. The largest absolute Gasteiger partial charge is 0.0720 e. The van der Waals surface area contributed by atoms with Crippen LogP contribution in [-0.4, -0.2) is 10.2 Å². The van der Waals surface area contributed by atoms with Gasteiger partial charge in [-0.1, -0.05) is 77.1 Å². The second kappa shape index (κ2) is 4.83. The van der Waals surface area contributed by atoms with Crippen LogP contribution in [0.15, 0.2) is 30.3 Å². The number of fused-ring (bicyclic) bond motifs is 3. The summed E-state index contributed by atoms with van der Waals surface area (Å²) >= 11 is 0. The van der Waals surface area contributed by atoms with Gasteiger partial charge < -0.3 is 0 Å². The number of hydrogen-bond donors (Lipinski definition) is 0. The van der Waals surface area contributed by atoms with E-state index in [1.54, 1.807) is 0 Å². The monoisotopic (exact) mass is 305 g/mol. The summed E-state index contributed by atoms with van der Waals surface area (Å²) in [5, 5.41) is 1.29. The molecule has 0 N–H and O–H groups in total. The van der Waals surface area contributed by atoms with Gasteiger partial charge in [0.25, 0.3) is 0 Å². The molecule has 0 heterocycles. The minimum atomic E-state index is 0.164. The molecule has 0 amide bonds. The molecule has 1 aliphatic carbocycles. The Kier molecular flexibility index (Phi) is 3.41. The van der Waals surface area contributed by atoms with Crippen molar-refractivity contribution in [1.82, 2.24) is 0 Å². The van der Waals surface area contributed by atoms with E-state index in [1.807, 2.05) is 0 Å². The van der Waals surface area contributed by atoms with Crippen LogP contribution in [-0.2, 0) is 17.3 Å². The summed E-state index contributed by atoms with van der Waals surface area (Å²) in [6.07, 6.45) is 1.04. The first-order chi connectivity index (χ1) is 10.1. The van der Waals surface area contributed by atoms with Crippen molar-refractivity contribution in [1.29, 1.82) is 0 Å². The van der Waals surface area contributed by atoms with Crippen LogP contribution < -0.4 is 5.19 Å². The number of rotatable bonds is 0. The highest BCUT2D eigenvalue weighted by Crippen LogP contribution is 2.39. The van der Waals surface area contributed by atoms with Gasteiger partial charge in [-0.25, -0.2) is 0 Å². The van der Waals surface area contributed by atoms with Gasteiger partial charge in [-0.15, -0.1) is 0 Å². The van der Waals surface area contributed by atoms with Crippen molar-refractivity contribution in [3.8, 4) is 11.1 Å². The van der Waals surface area contributed by atoms with E-state index < -0.39 is 0 Å². The molecule has 0 spiro atoms. The van der Waals surface area contributed by atoms with Crippen molar-refractivity contribution in [3.63, 3.8) is 0 Å². The average Bonchev–Trinajstić information content (AvgIpc) is 2.75. The molecule has 113 valence electrons. The summed E-state index contributed by atoms with van der Waals surface area (Å²) in [5.74, 6) is 0. The van der Waals surface area contributed by atoms with E-state index in [-0.39, 0.29) is 10.8 Å². The van der Waals surface area contributed by atoms with Crippen molar-refractivity contribution in [3.05, 3.63) is 52.6 Å². The highest BCUT2D eigenvalue weighted by molar-refractivity contribution is 6.35. The summed E-state index contributed by atoms with van der Waals surface area (Å²) in [7, 11) is 3.94. The Bertz CT molecular complexity index is 740. The van der Waals surface area contributed by atoms with Crippen LogP contribution in [0.25, 0.3) is 11.1 Å². The zero-order valence-corrected chi connectivity index (χ0v) is 15.6. The molecule has 0 aliphatic heterocycles. The molecule has 0 aromatic heterocycles. The van der Waals surface area contributed by atoms with Crippen LogP contribution >= 0.6 is 0 Å². The first-order valence-electron chi connectivity index (χ1n) is 8.11. The molecule has 0 fully saturated rings. The Balaban J connectivity index is 2.12. The highest BCUT2D eigenvalue weighted by Gasteiger charge is 2.26. The molecule has 3 radical (unpaired) electrons. The predicted molar refractivity (Wildman–Crippen MR) is 97.5 cm³/mol. The van der Waals surface area contributed by atoms with Gasteiger partial charge in [0.2, 0.25) is 0 Å². The smallest absolute Gasteiger partial charge is 0.0596 e. The summed E-state index contributed by atoms with van der Waals surface area (Å²) in [6.45, 7) is 13.7. The van der Waals surface area contributed by atoms with Gasteiger partial charge in [0.1, 0.15) is 0 Å². The lowest BCUT2D eigenvalue weighted by Crippen LogP contribution is -2.25. The van der Waals surface area contributed by atoms with Crippen LogP contribution in [0.2, 0.25) is 0 Å². The van der Waals surface area contributed by atoms with Crippen LogP contribution in [0.3, 0.4) is 0 Å². The SMILES string of the molecule is CC(C)(C)c1ccc2c(c1)Cc1c-2ccc(C(C)(C)C)c1[Si]. The summed E-state index contributed by atoms with van der Waals surface area (Å²) in [4.78, 5) is 0. The molecule has 3 rings (SSSR count). The van der Waals surface area contributed by atoms with Crippen LogP contribution in [0.4, 0.5) is 0 Å². The fourth-order valence-electron chi connectivity index (χ4n) is 3.37. The fraction of sp³-hybridized carbons (Fsp3) is 0.429. The van der Waals surface area contributed by atoms with E-state index in [1.165, 1.54) is 38.6 Å². The van der Waals surface area contributed by atoms with Crippen molar-refractivity contribution in [2.75, 3.05) is 0 Å². The standard InChI is InChI=1S/C21H25Si/c1-20(2,3)14-7-8-15-13(11-14)12-17-16(15)9-10-18(19(17)22)21(4,5)6/h7-11H,12H2,1-6H3. The molecule has 0 saturated heterocycles. The quantitative estimate of drug-likeness (QED) is 0.531. The van der Waals surface area contributed by atoms with E-state index in [0.29, 0.717) is 0 Å². The Morgan fingerprint density at radius 3 is 2.05 bits per heavy atom. The second-order valence-electron chi connectivity index (χ2n) is 8.56. The van der Waals surface area contributed by atoms with Crippen molar-refractivity contribution >= 4 is 15.4 Å². The van der Waals surface area contributed by atoms with Crippen molar-refractivity contribution in [2.45, 2.75) is 58.8 Å². The van der Waals surface area contributed by atoms with E-state index in [0.717, 1.165) is 6.42 Å². The fourth-order valence-corrected chi connectivity index (χ4v) is 4.05. The van der Waals surface area contributed by atoms with E-state index >= 15 is 0 Å². The van der Waals surface area contributed by atoms with E-state index in [2.05, 4.69) is 82.1 Å².